The first kappa shape index (κ1) is 13.1. The van der Waals surface area contributed by atoms with Crippen molar-refractivity contribution in [2.45, 2.75) is 45.6 Å². The Balaban J connectivity index is 2.05. The molecule has 2 atom stereocenters. The SMILES string of the molecule is CCNc1ncc(F)c(OC2CCCC(C)C2)n1. The van der Waals surface area contributed by atoms with Gasteiger partial charge in [0.15, 0.2) is 0 Å². The molecule has 18 heavy (non-hydrogen) atoms. The maximum absolute atomic E-state index is 13.6. The standard InChI is InChI=1S/C13H20FN3O/c1-3-15-13-16-8-11(14)12(17-13)18-10-6-4-5-9(2)7-10/h8-10H,3-7H2,1-2H3,(H,15,16,17). The van der Waals surface area contributed by atoms with Crippen LogP contribution in [0.3, 0.4) is 0 Å². The summed E-state index contributed by atoms with van der Waals surface area (Å²) >= 11 is 0. The van der Waals surface area contributed by atoms with Crippen LogP contribution in [0.1, 0.15) is 39.5 Å². The van der Waals surface area contributed by atoms with Crippen molar-refractivity contribution in [1.29, 1.82) is 0 Å². The van der Waals surface area contributed by atoms with Gasteiger partial charge in [-0.05, 0) is 32.1 Å². The van der Waals surface area contributed by atoms with Crippen LogP contribution in [0, 0.1) is 11.7 Å². The summed E-state index contributed by atoms with van der Waals surface area (Å²) < 4.78 is 19.3. The fraction of sp³-hybridized carbons (Fsp3) is 0.692. The smallest absolute Gasteiger partial charge is 0.255 e. The third-order valence-corrected chi connectivity index (χ3v) is 3.21. The molecule has 2 rings (SSSR count). The lowest BCUT2D eigenvalue weighted by Crippen LogP contribution is -2.25. The zero-order valence-corrected chi connectivity index (χ0v) is 10.9. The highest BCUT2D eigenvalue weighted by molar-refractivity contribution is 5.28. The van der Waals surface area contributed by atoms with Crippen LogP contribution in [0.5, 0.6) is 5.88 Å². The Morgan fingerprint density at radius 1 is 1.50 bits per heavy atom. The van der Waals surface area contributed by atoms with Gasteiger partial charge in [0.2, 0.25) is 11.8 Å². The van der Waals surface area contributed by atoms with Gasteiger partial charge in [-0.1, -0.05) is 13.3 Å². The highest BCUT2D eigenvalue weighted by Crippen LogP contribution is 2.27. The molecular weight excluding hydrogens is 233 g/mol. The van der Waals surface area contributed by atoms with Gasteiger partial charge in [0.1, 0.15) is 6.10 Å². The molecule has 0 aliphatic heterocycles. The number of hydrogen-bond donors (Lipinski definition) is 1. The number of aromatic nitrogens is 2. The fourth-order valence-electron chi connectivity index (χ4n) is 2.32. The summed E-state index contributed by atoms with van der Waals surface area (Å²) in [6, 6.07) is 0. The average Bonchev–Trinajstić information content (AvgIpc) is 2.34. The molecule has 1 aliphatic carbocycles. The highest BCUT2D eigenvalue weighted by Gasteiger charge is 2.22. The van der Waals surface area contributed by atoms with E-state index in [1.54, 1.807) is 0 Å². The molecule has 1 saturated carbocycles. The number of rotatable bonds is 4. The van der Waals surface area contributed by atoms with Gasteiger partial charge in [-0.15, -0.1) is 0 Å². The quantitative estimate of drug-likeness (QED) is 0.896. The van der Waals surface area contributed by atoms with E-state index in [1.807, 2.05) is 6.92 Å². The molecule has 0 aromatic carbocycles. The molecule has 4 nitrogen and oxygen atoms in total. The average molecular weight is 253 g/mol. The van der Waals surface area contributed by atoms with Crippen LogP contribution in [0.15, 0.2) is 6.20 Å². The van der Waals surface area contributed by atoms with Gasteiger partial charge in [0.05, 0.1) is 6.20 Å². The summed E-state index contributed by atoms with van der Waals surface area (Å²) in [5.74, 6) is 0.634. The Kier molecular flexibility index (Phi) is 4.33. The van der Waals surface area contributed by atoms with Crippen LogP contribution in [0.2, 0.25) is 0 Å². The fourth-order valence-corrected chi connectivity index (χ4v) is 2.32. The lowest BCUT2D eigenvalue weighted by molar-refractivity contribution is 0.118. The molecule has 0 saturated heterocycles. The zero-order valence-electron chi connectivity index (χ0n) is 10.9. The first-order valence-corrected chi connectivity index (χ1v) is 6.62. The molecule has 1 N–H and O–H groups in total. The van der Waals surface area contributed by atoms with Crippen LogP contribution in [-0.2, 0) is 0 Å². The number of halogens is 1. The topological polar surface area (TPSA) is 47.0 Å². The van der Waals surface area contributed by atoms with E-state index in [1.165, 1.54) is 6.42 Å². The van der Waals surface area contributed by atoms with Crippen molar-refractivity contribution >= 4 is 5.95 Å². The number of nitrogens with zero attached hydrogens (tertiary/aromatic N) is 2. The van der Waals surface area contributed by atoms with E-state index in [-0.39, 0.29) is 12.0 Å². The molecule has 1 aromatic heterocycles. The van der Waals surface area contributed by atoms with Crippen molar-refractivity contribution in [3.05, 3.63) is 12.0 Å². The van der Waals surface area contributed by atoms with E-state index >= 15 is 0 Å². The van der Waals surface area contributed by atoms with Crippen LogP contribution in [0.25, 0.3) is 0 Å². The van der Waals surface area contributed by atoms with E-state index in [2.05, 4.69) is 22.2 Å². The Bertz CT molecular complexity index is 400. The van der Waals surface area contributed by atoms with E-state index in [0.717, 1.165) is 25.5 Å². The molecule has 1 aromatic rings. The van der Waals surface area contributed by atoms with Crippen molar-refractivity contribution < 1.29 is 9.13 Å². The van der Waals surface area contributed by atoms with Gasteiger partial charge in [-0.3, -0.25) is 0 Å². The second-order valence-corrected chi connectivity index (χ2v) is 4.89. The molecule has 1 fully saturated rings. The summed E-state index contributed by atoms with van der Waals surface area (Å²) in [7, 11) is 0. The van der Waals surface area contributed by atoms with Gasteiger partial charge in [0, 0.05) is 6.54 Å². The Hall–Kier alpha value is -1.39. The summed E-state index contributed by atoms with van der Waals surface area (Å²) in [6.07, 6.45) is 5.55. The predicted octanol–water partition coefficient (Wildman–Crippen LogP) is 3.01. The summed E-state index contributed by atoms with van der Waals surface area (Å²) in [4.78, 5) is 7.92. The summed E-state index contributed by atoms with van der Waals surface area (Å²) in [5, 5.41) is 2.95. The largest absolute Gasteiger partial charge is 0.472 e. The molecule has 2 unspecified atom stereocenters. The first-order valence-electron chi connectivity index (χ1n) is 6.62. The third-order valence-electron chi connectivity index (χ3n) is 3.21. The molecule has 100 valence electrons. The van der Waals surface area contributed by atoms with Crippen molar-refractivity contribution in [1.82, 2.24) is 9.97 Å². The first-order chi connectivity index (χ1) is 8.69. The zero-order chi connectivity index (χ0) is 13.0. The van der Waals surface area contributed by atoms with Crippen LogP contribution >= 0.6 is 0 Å². The Morgan fingerprint density at radius 2 is 2.33 bits per heavy atom. The number of hydrogen-bond acceptors (Lipinski definition) is 4. The van der Waals surface area contributed by atoms with Crippen LogP contribution in [-0.4, -0.2) is 22.6 Å². The molecule has 0 radical (unpaired) electrons. The molecule has 0 amide bonds. The highest BCUT2D eigenvalue weighted by atomic mass is 19.1. The number of nitrogens with one attached hydrogen (secondary N) is 1. The van der Waals surface area contributed by atoms with E-state index in [9.17, 15) is 4.39 Å². The van der Waals surface area contributed by atoms with Gasteiger partial charge in [-0.25, -0.2) is 4.98 Å². The van der Waals surface area contributed by atoms with Gasteiger partial charge >= 0.3 is 0 Å². The third kappa shape index (κ3) is 3.31. The van der Waals surface area contributed by atoms with Crippen molar-refractivity contribution in [3.63, 3.8) is 0 Å². The van der Waals surface area contributed by atoms with Crippen LogP contribution in [0.4, 0.5) is 10.3 Å². The van der Waals surface area contributed by atoms with Gasteiger partial charge in [-0.2, -0.15) is 9.37 Å². The van der Waals surface area contributed by atoms with E-state index in [0.29, 0.717) is 18.4 Å². The minimum Gasteiger partial charge on any atom is -0.472 e. The minimum absolute atomic E-state index is 0.0695. The number of anilines is 1. The molecular formula is C13H20FN3O. The minimum atomic E-state index is -0.491. The Morgan fingerprint density at radius 3 is 3.06 bits per heavy atom. The summed E-state index contributed by atoms with van der Waals surface area (Å²) in [6.45, 7) is 4.84. The van der Waals surface area contributed by atoms with Crippen LogP contribution < -0.4 is 10.1 Å². The molecule has 0 bridgehead atoms. The maximum atomic E-state index is 13.6. The molecule has 5 heteroatoms. The second-order valence-electron chi connectivity index (χ2n) is 4.89. The molecule has 1 heterocycles. The monoisotopic (exact) mass is 253 g/mol. The summed E-state index contributed by atoms with van der Waals surface area (Å²) in [5.41, 5.74) is 0. The van der Waals surface area contributed by atoms with Crippen molar-refractivity contribution in [2.75, 3.05) is 11.9 Å². The maximum Gasteiger partial charge on any atom is 0.255 e. The normalized spacial score (nSPS) is 23.7. The predicted molar refractivity (Wildman–Crippen MR) is 68.2 cm³/mol. The number of ether oxygens (including phenoxy) is 1. The molecule has 0 spiro atoms. The van der Waals surface area contributed by atoms with Crippen molar-refractivity contribution in [2.24, 2.45) is 5.92 Å². The van der Waals surface area contributed by atoms with E-state index < -0.39 is 5.82 Å². The van der Waals surface area contributed by atoms with Crippen molar-refractivity contribution in [3.8, 4) is 5.88 Å². The van der Waals surface area contributed by atoms with Gasteiger partial charge in [0.25, 0.3) is 5.88 Å². The Labute approximate surface area is 107 Å². The second kappa shape index (κ2) is 5.98. The van der Waals surface area contributed by atoms with Gasteiger partial charge < -0.3 is 10.1 Å². The van der Waals surface area contributed by atoms with E-state index in [4.69, 9.17) is 4.74 Å². The molecule has 1 aliphatic rings. The lowest BCUT2D eigenvalue weighted by Gasteiger charge is -2.27. The lowest BCUT2D eigenvalue weighted by atomic mass is 9.89.